The zero-order valence-corrected chi connectivity index (χ0v) is 15.5. The van der Waals surface area contributed by atoms with Gasteiger partial charge >= 0.3 is 0 Å². The summed E-state index contributed by atoms with van der Waals surface area (Å²) in [5, 5.41) is 8.25. The monoisotopic (exact) mass is 371 g/mol. The van der Waals surface area contributed by atoms with Crippen LogP contribution in [-0.4, -0.2) is 30.6 Å². The number of rotatable bonds is 6. The third-order valence-electron chi connectivity index (χ3n) is 3.45. The van der Waals surface area contributed by atoms with Crippen LogP contribution >= 0.6 is 12.2 Å². The van der Waals surface area contributed by atoms with Crippen LogP contribution in [0.1, 0.15) is 34.1 Å². The number of nitrogens with one attached hydrogen (secondary N) is 3. The van der Waals surface area contributed by atoms with E-state index in [1.165, 1.54) is 0 Å². The van der Waals surface area contributed by atoms with Crippen molar-refractivity contribution in [2.75, 3.05) is 19.0 Å². The molecule has 0 aliphatic carbocycles. The van der Waals surface area contributed by atoms with Crippen LogP contribution in [0.25, 0.3) is 0 Å². The summed E-state index contributed by atoms with van der Waals surface area (Å²) in [7, 11) is 1.57. The zero-order valence-electron chi connectivity index (χ0n) is 14.7. The maximum Gasteiger partial charge on any atom is 0.257 e. The topological polar surface area (TPSA) is 79.5 Å². The van der Waals surface area contributed by atoms with E-state index in [0.717, 1.165) is 12.2 Å². The molecular formula is C19H21N3O3S. The maximum atomic E-state index is 12.2. The largest absolute Gasteiger partial charge is 0.494 e. The van der Waals surface area contributed by atoms with Crippen LogP contribution < -0.4 is 20.7 Å². The van der Waals surface area contributed by atoms with Gasteiger partial charge in [-0.25, -0.2) is 0 Å². The van der Waals surface area contributed by atoms with Gasteiger partial charge < -0.3 is 15.4 Å². The molecule has 0 aromatic heterocycles. The smallest absolute Gasteiger partial charge is 0.257 e. The molecule has 0 spiro atoms. The molecule has 3 N–H and O–H groups in total. The highest BCUT2D eigenvalue weighted by Crippen LogP contribution is 2.13. The number of benzene rings is 2. The van der Waals surface area contributed by atoms with Gasteiger partial charge in [-0.3, -0.25) is 14.9 Å². The molecule has 0 saturated carbocycles. The molecular weight excluding hydrogens is 350 g/mol. The summed E-state index contributed by atoms with van der Waals surface area (Å²) < 4.78 is 5.49. The number of hydrogen-bond donors (Lipinski definition) is 3. The minimum Gasteiger partial charge on any atom is -0.494 e. The number of amides is 2. The van der Waals surface area contributed by atoms with Gasteiger partial charge in [0.25, 0.3) is 11.8 Å². The van der Waals surface area contributed by atoms with Crippen LogP contribution in [-0.2, 0) is 0 Å². The minimum atomic E-state index is -0.313. The number of ether oxygens (including phenoxy) is 1. The highest BCUT2D eigenvalue weighted by Gasteiger charge is 2.09. The Morgan fingerprint density at radius 1 is 0.962 bits per heavy atom. The fourth-order valence-electron chi connectivity index (χ4n) is 2.11. The van der Waals surface area contributed by atoms with Gasteiger partial charge in [-0.1, -0.05) is 6.92 Å². The molecule has 0 unspecified atom stereocenters. The van der Waals surface area contributed by atoms with Crippen molar-refractivity contribution in [2.45, 2.75) is 13.3 Å². The third-order valence-corrected chi connectivity index (χ3v) is 3.65. The number of carbonyl (C=O) groups excluding carboxylic acids is 2. The molecule has 2 aromatic rings. The predicted octanol–water partition coefficient (Wildman–Crippen LogP) is 2.96. The van der Waals surface area contributed by atoms with Crippen molar-refractivity contribution in [3.8, 4) is 5.75 Å². The summed E-state index contributed by atoms with van der Waals surface area (Å²) in [5.74, 6) is 0.241. The van der Waals surface area contributed by atoms with Gasteiger partial charge in [-0.2, -0.15) is 0 Å². The first-order valence-electron chi connectivity index (χ1n) is 8.21. The van der Waals surface area contributed by atoms with E-state index in [2.05, 4.69) is 16.0 Å². The molecule has 0 heterocycles. The Bertz CT molecular complexity index is 774. The Kier molecular flexibility index (Phi) is 7.11. The van der Waals surface area contributed by atoms with Crippen LogP contribution in [0.15, 0.2) is 48.5 Å². The number of anilines is 1. The second-order valence-electron chi connectivity index (χ2n) is 5.44. The molecule has 2 amide bonds. The Hall–Kier alpha value is -2.93. The molecule has 7 heteroatoms. The predicted molar refractivity (Wildman–Crippen MR) is 106 cm³/mol. The first-order valence-corrected chi connectivity index (χ1v) is 8.61. The normalized spacial score (nSPS) is 9.92. The molecule has 0 aliphatic heterocycles. The highest BCUT2D eigenvalue weighted by atomic mass is 32.1. The Morgan fingerprint density at radius 2 is 1.54 bits per heavy atom. The number of hydrogen-bond acceptors (Lipinski definition) is 4. The number of carbonyl (C=O) groups is 2. The van der Waals surface area contributed by atoms with Crippen LogP contribution in [0, 0.1) is 0 Å². The van der Waals surface area contributed by atoms with Crippen molar-refractivity contribution in [3.63, 3.8) is 0 Å². The van der Waals surface area contributed by atoms with Crippen molar-refractivity contribution in [3.05, 3.63) is 59.7 Å². The number of thiocarbonyl (C=S) groups is 1. The lowest BCUT2D eigenvalue weighted by Gasteiger charge is -2.10. The molecule has 6 nitrogen and oxygen atoms in total. The van der Waals surface area contributed by atoms with Crippen molar-refractivity contribution < 1.29 is 14.3 Å². The molecule has 136 valence electrons. The second kappa shape index (κ2) is 9.53. The lowest BCUT2D eigenvalue weighted by atomic mass is 10.2. The van der Waals surface area contributed by atoms with Crippen molar-refractivity contribution >= 4 is 34.8 Å². The molecule has 26 heavy (non-hydrogen) atoms. The molecule has 0 saturated heterocycles. The Balaban J connectivity index is 1.90. The fraction of sp³-hybridized carbons (Fsp3) is 0.211. The molecule has 0 radical (unpaired) electrons. The maximum absolute atomic E-state index is 12.2. The Morgan fingerprint density at radius 3 is 2.12 bits per heavy atom. The summed E-state index contributed by atoms with van der Waals surface area (Å²) in [6, 6.07) is 13.6. The quantitative estimate of drug-likeness (QED) is 0.681. The van der Waals surface area contributed by atoms with E-state index in [1.807, 2.05) is 6.92 Å². The SMILES string of the molecule is CCCOc1ccc(C(=O)NC(=S)Nc2ccc(C(=O)NC)cc2)cc1. The van der Waals surface area contributed by atoms with Crippen molar-refractivity contribution in [2.24, 2.45) is 0 Å². The lowest BCUT2D eigenvalue weighted by Crippen LogP contribution is -2.34. The first-order chi connectivity index (χ1) is 12.5. The van der Waals surface area contributed by atoms with Gasteiger partial charge in [0.2, 0.25) is 0 Å². The second-order valence-corrected chi connectivity index (χ2v) is 5.85. The average Bonchev–Trinajstić information content (AvgIpc) is 2.66. The first kappa shape index (κ1) is 19.4. The van der Waals surface area contributed by atoms with E-state index >= 15 is 0 Å². The highest BCUT2D eigenvalue weighted by molar-refractivity contribution is 7.80. The van der Waals surface area contributed by atoms with Gasteiger partial charge in [0.1, 0.15) is 5.75 Å². The van der Waals surface area contributed by atoms with Crippen LogP contribution in [0.4, 0.5) is 5.69 Å². The van der Waals surface area contributed by atoms with E-state index in [9.17, 15) is 9.59 Å². The van der Waals surface area contributed by atoms with Crippen LogP contribution in [0.5, 0.6) is 5.75 Å². The van der Waals surface area contributed by atoms with E-state index in [4.69, 9.17) is 17.0 Å². The van der Waals surface area contributed by atoms with Gasteiger partial charge in [0.15, 0.2) is 5.11 Å². The third kappa shape index (κ3) is 5.56. The molecule has 0 atom stereocenters. The van der Waals surface area contributed by atoms with E-state index in [-0.39, 0.29) is 16.9 Å². The average molecular weight is 371 g/mol. The van der Waals surface area contributed by atoms with Crippen molar-refractivity contribution in [1.82, 2.24) is 10.6 Å². The van der Waals surface area contributed by atoms with Crippen LogP contribution in [0.3, 0.4) is 0 Å². The van der Waals surface area contributed by atoms with E-state index in [0.29, 0.717) is 23.4 Å². The summed E-state index contributed by atoms with van der Waals surface area (Å²) in [6.45, 7) is 2.67. The van der Waals surface area contributed by atoms with E-state index < -0.39 is 0 Å². The summed E-state index contributed by atoms with van der Waals surface area (Å²) >= 11 is 5.16. The van der Waals surface area contributed by atoms with Gasteiger partial charge in [-0.15, -0.1) is 0 Å². The zero-order chi connectivity index (χ0) is 18.9. The summed E-state index contributed by atoms with van der Waals surface area (Å²) in [5.41, 5.74) is 1.69. The molecule has 2 rings (SSSR count). The Labute approximate surface area is 157 Å². The molecule has 0 aliphatic rings. The van der Waals surface area contributed by atoms with Crippen LogP contribution in [0.2, 0.25) is 0 Å². The summed E-state index contributed by atoms with van der Waals surface area (Å²) in [4.78, 5) is 23.7. The molecule has 0 bridgehead atoms. The molecule has 2 aromatic carbocycles. The molecule has 0 fully saturated rings. The lowest BCUT2D eigenvalue weighted by molar-refractivity contribution is 0.0959. The summed E-state index contributed by atoms with van der Waals surface area (Å²) in [6.07, 6.45) is 0.923. The van der Waals surface area contributed by atoms with E-state index in [1.54, 1.807) is 55.6 Å². The van der Waals surface area contributed by atoms with Gasteiger partial charge in [0.05, 0.1) is 6.61 Å². The fourth-order valence-corrected chi connectivity index (χ4v) is 2.32. The van der Waals surface area contributed by atoms with Crippen molar-refractivity contribution in [1.29, 1.82) is 0 Å². The standard InChI is InChI=1S/C19H21N3O3S/c1-3-12-25-16-10-6-14(7-11-16)18(24)22-19(26)21-15-8-4-13(5-9-15)17(23)20-2/h4-11H,3,12H2,1-2H3,(H,20,23)(H2,21,22,24,26). The van der Waals surface area contributed by atoms with Gasteiger partial charge in [0, 0.05) is 23.9 Å². The minimum absolute atomic E-state index is 0.168. The van der Waals surface area contributed by atoms with Gasteiger partial charge in [-0.05, 0) is 67.2 Å².